The zero-order valence-corrected chi connectivity index (χ0v) is 17.3. The molecule has 1 N–H and O–H groups in total. The average molecular weight is 353 g/mol. The van der Waals surface area contributed by atoms with Crippen molar-refractivity contribution in [2.24, 2.45) is 0 Å². The summed E-state index contributed by atoms with van der Waals surface area (Å²) in [5, 5.41) is 3.64. The van der Waals surface area contributed by atoms with E-state index >= 15 is 0 Å². The number of allylic oxidation sites excluding steroid dienone is 1. The van der Waals surface area contributed by atoms with E-state index in [4.69, 9.17) is 4.74 Å². The molecule has 3 nitrogen and oxygen atoms in total. The molecule has 1 heterocycles. The first-order valence-corrected chi connectivity index (χ1v) is 9.46. The Labute approximate surface area is 158 Å². The lowest BCUT2D eigenvalue weighted by atomic mass is 10.0. The van der Waals surface area contributed by atoms with Gasteiger partial charge >= 0.3 is 0 Å². The molecule has 2 aromatic rings. The van der Waals surface area contributed by atoms with E-state index in [-0.39, 0.29) is 0 Å². The van der Waals surface area contributed by atoms with Crippen LogP contribution >= 0.6 is 0 Å². The maximum absolute atomic E-state index is 6.30. The lowest BCUT2D eigenvalue weighted by Gasteiger charge is -2.21. The molecule has 0 aliphatic carbocycles. The molecule has 1 aromatic heterocycles. The molecule has 0 unspecified atom stereocenters. The predicted octanol–water partition coefficient (Wildman–Crippen LogP) is 6.74. The standard InChI is InChI=1S/C23H32N2O/c1-9-20(10-2)25-21-13-17(7)24-23(18(21)8)26-22-15(5)11-19(14(3)4)12-16(22)6/h11-13,20H,3,9-10H2,1-2,4-8H3,(H,24,25). The van der Waals surface area contributed by atoms with Gasteiger partial charge in [0.1, 0.15) is 5.75 Å². The maximum atomic E-state index is 6.30. The average Bonchev–Trinajstić information content (AvgIpc) is 2.58. The zero-order valence-electron chi connectivity index (χ0n) is 17.3. The van der Waals surface area contributed by atoms with Crippen LogP contribution in [0.5, 0.6) is 11.6 Å². The minimum absolute atomic E-state index is 0.460. The van der Waals surface area contributed by atoms with Crippen LogP contribution in [0.1, 0.15) is 61.6 Å². The molecule has 26 heavy (non-hydrogen) atoms. The Morgan fingerprint density at radius 1 is 1.08 bits per heavy atom. The highest BCUT2D eigenvalue weighted by Crippen LogP contribution is 2.34. The smallest absolute Gasteiger partial charge is 0.224 e. The van der Waals surface area contributed by atoms with Crippen LogP contribution in [0.3, 0.4) is 0 Å². The van der Waals surface area contributed by atoms with Crippen LogP contribution in [0.15, 0.2) is 24.8 Å². The third-order valence-corrected chi connectivity index (χ3v) is 4.85. The summed E-state index contributed by atoms with van der Waals surface area (Å²) in [6.45, 7) is 18.7. The summed E-state index contributed by atoms with van der Waals surface area (Å²) in [5.41, 5.74) is 7.51. The largest absolute Gasteiger partial charge is 0.438 e. The van der Waals surface area contributed by atoms with Crippen molar-refractivity contribution in [2.45, 2.75) is 67.3 Å². The lowest BCUT2D eigenvalue weighted by Crippen LogP contribution is -2.18. The first-order valence-electron chi connectivity index (χ1n) is 9.46. The van der Waals surface area contributed by atoms with E-state index in [2.05, 4.69) is 69.7 Å². The van der Waals surface area contributed by atoms with Crippen LogP contribution in [-0.4, -0.2) is 11.0 Å². The normalized spacial score (nSPS) is 10.9. The summed E-state index contributed by atoms with van der Waals surface area (Å²) in [6, 6.07) is 6.81. The highest BCUT2D eigenvalue weighted by Gasteiger charge is 2.15. The second-order valence-corrected chi connectivity index (χ2v) is 7.22. The fourth-order valence-electron chi connectivity index (χ4n) is 3.12. The number of nitrogens with one attached hydrogen (secondary N) is 1. The Kier molecular flexibility index (Phi) is 6.47. The highest BCUT2D eigenvalue weighted by atomic mass is 16.5. The minimum Gasteiger partial charge on any atom is -0.438 e. The number of rotatable bonds is 7. The molecule has 140 valence electrons. The SMILES string of the molecule is C=C(C)c1cc(C)c(Oc2nc(C)cc(NC(CC)CC)c2C)c(C)c1. The van der Waals surface area contributed by atoms with Crippen molar-refractivity contribution >= 4 is 11.3 Å². The number of nitrogens with zero attached hydrogens (tertiary/aromatic N) is 1. The first kappa shape index (κ1) is 20.0. The van der Waals surface area contributed by atoms with Crippen molar-refractivity contribution < 1.29 is 4.74 Å². The van der Waals surface area contributed by atoms with E-state index in [1.165, 1.54) is 0 Å². The van der Waals surface area contributed by atoms with Crippen LogP contribution in [-0.2, 0) is 0 Å². The van der Waals surface area contributed by atoms with Crippen LogP contribution in [0.25, 0.3) is 5.57 Å². The number of ether oxygens (including phenoxy) is 1. The molecule has 0 bridgehead atoms. The van der Waals surface area contributed by atoms with Gasteiger partial charge in [0.05, 0.1) is 0 Å². The molecule has 0 spiro atoms. The molecule has 0 radical (unpaired) electrons. The number of benzene rings is 1. The van der Waals surface area contributed by atoms with Gasteiger partial charge in [-0.25, -0.2) is 4.98 Å². The van der Waals surface area contributed by atoms with E-state index in [1.54, 1.807) is 0 Å². The Bertz CT molecular complexity index is 781. The molecule has 0 saturated carbocycles. The number of pyridine rings is 1. The summed E-state index contributed by atoms with van der Waals surface area (Å²) >= 11 is 0. The lowest BCUT2D eigenvalue weighted by molar-refractivity contribution is 0.451. The van der Waals surface area contributed by atoms with E-state index in [1.807, 2.05) is 13.8 Å². The van der Waals surface area contributed by atoms with Crippen LogP contribution in [0.2, 0.25) is 0 Å². The third-order valence-electron chi connectivity index (χ3n) is 4.85. The summed E-state index contributed by atoms with van der Waals surface area (Å²) in [7, 11) is 0. The van der Waals surface area contributed by atoms with E-state index < -0.39 is 0 Å². The fraction of sp³-hybridized carbons (Fsp3) is 0.435. The molecule has 3 heteroatoms. The number of hydrogen-bond donors (Lipinski definition) is 1. The van der Waals surface area contributed by atoms with Gasteiger partial charge in [-0.2, -0.15) is 0 Å². The van der Waals surface area contributed by atoms with E-state index in [0.29, 0.717) is 11.9 Å². The second kappa shape index (κ2) is 8.39. The van der Waals surface area contributed by atoms with Gasteiger partial charge in [0.15, 0.2) is 0 Å². The van der Waals surface area contributed by atoms with Gasteiger partial charge < -0.3 is 10.1 Å². The topological polar surface area (TPSA) is 34.1 Å². The Hall–Kier alpha value is -2.29. The molecule has 2 rings (SSSR count). The Balaban J connectivity index is 2.41. The molecule has 0 amide bonds. The van der Waals surface area contributed by atoms with E-state index in [0.717, 1.165) is 57.8 Å². The highest BCUT2D eigenvalue weighted by molar-refractivity contribution is 5.65. The molecule has 1 aromatic carbocycles. The minimum atomic E-state index is 0.460. The monoisotopic (exact) mass is 352 g/mol. The molecule has 0 aliphatic heterocycles. The molecule has 0 atom stereocenters. The second-order valence-electron chi connectivity index (χ2n) is 7.22. The zero-order chi connectivity index (χ0) is 19.4. The van der Waals surface area contributed by atoms with Gasteiger partial charge in [0.25, 0.3) is 0 Å². The number of hydrogen-bond acceptors (Lipinski definition) is 3. The number of anilines is 1. The van der Waals surface area contributed by atoms with Gasteiger partial charge in [0.2, 0.25) is 5.88 Å². The van der Waals surface area contributed by atoms with Crippen molar-refractivity contribution in [3.05, 3.63) is 52.7 Å². The van der Waals surface area contributed by atoms with E-state index in [9.17, 15) is 0 Å². The van der Waals surface area contributed by atoms with Gasteiger partial charge in [-0.15, -0.1) is 0 Å². The van der Waals surface area contributed by atoms with Gasteiger partial charge in [0, 0.05) is 23.0 Å². The van der Waals surface area contributed by atoms with Crippen LogP contribution in [0.4, 0.5) is 5.69 Å². The van der Waals surface area contributed by atoms with Gasteiger partial charge in [-0.1, -0.05) is 26.0 Å². The van der Waals surface area contributed by atoms with Crippen molar-refractivity contribution in [3.8, 4) is 11.6 Å². The van der Waals surface area contributed by atoms with Crippen molar-refractivity contribution in [2.75, 3.05) is 5.32 Å². The molecule has 0 saturated heterocycles. The summed E-state index contributed by atoms with van der Waals surface area (Å²) in [4.78, 5) is 4.65. The first-order chi connectivity index (χ1) is 12.3. The Morgan fingerprint density at radius 3 is 2.15 bits per heavy atom. The van der Waals surface area contributed by atoms with Crippen molar-refractivity contribution in [3.63, 3.8) is 0 Å². The molecular weight excluding hydrogens is 320 g/mol. The van der Waals surface area contributed by atoms with Crippen molar-refractivity contribution in [1.82, 2.24) is 4.98 Å². The summed E-state index contributed by atoms with van der Waals surface area (Å²) in [5.74, 6) is 1.55. The Morgan fingerprint density at radius 2 is 1.65 bits per heavy atom. The quantitative estimate of drug-likeness (QED) is 0.599. The number of aromatic nitrogens is 1. The van der Waals surface area contributed by atoms with Crippen LogP contribution < -0.4 is 10.1 Å². The summed E-state index contributed by atoms with van der Waals surface area (Å²) in [6.07, 6.45) is 2.18. The molecule has 0 aliphatic rings. The fourth-order valence-corrected chi connectivity index (χ4v) is 3.12. The molecular formula is C23H32N2O. The molecule has 0 fully saturated rings. The van der Waals surface area contributed by atoms with Crippen molar-refractivity contribution in [1.29, 1.82) is 0 Å². The van der Waals surface area contributed by atoms with Gasteiger partial charge in [-0.05, 0) is 82.3 Å². The van der Waals surface area contributed by atoms with Crippen LogP contribution in [0, 0.1) is 27.7 Å². The van der Waals surface area contributed by atoms with Gasteiger partial charge in [-0.3, -0.25) is 0 Å². The number of aryl methyl sites for hydroxylation is 3. The maximum Gasteiger partial charge on any atom is 0.224 e. The third kappa shape index (κ3) is 4.46. The predicted molar refractivity (Wildman–Crippen MR) is 112 cm³/mol. The summed E-state index contributed by atoms with van der Waals surface area (Å²) < 4.78 is 6.30.